The number of pyridine rings is 1. The van der Waals surface area contributed by atoms with Crippen molar-refractivity contribution in [3.8, 4) is 0 Å². The lowest BCUT2D eigenvalue weighted by molar-refractivity contribution is 0.594. The topological polar surface area (TPSA) is 12.9 Å². The maximum absolute atomic E-state index is 4.68. The van der Waals surface area contributed by atoms with Crippen LogP contribution in [-0.4, -0.2) is 4.98 Å². The van der Waals surface area contributed by atoms with Crippen LogP contribution in [0.15, 0.2) is 24.3 Å². The van der Waals surface area contributed by atoms with Gasteiger partial charge in [0, 0.05) is 11.1 Å². The third-order valence-electron chi connectivity index (χ3n) is 2.88. The molecule has 0 amide bonds. The summed E-state index contributed by atoms with van der Waals surface area (Å²) in [5.41, 5.74) is 5.03. The van der Waals surface area contributed by atoms with Crippen LogP contribution < -0.4 is 0 Å². The molecule has 0 unspecified atom stereocenters. The molecule has 1 heterocycles. The van der Waals surface area contributed by atoms with Gasteiger partial charge in [0.2, 0.25) is 0 Å². The molecular weight excluding hydrogens is 194 g/mol. The van der Waals surface area contributed by atoms with Gasteiger partial charge in [-0.3, -0.25) is 4.98 Å². The van der Waals surface area contributed by atoms with E-state index in [-0.39, 0.29) is 5.41 Å². The Balaban J connectivity index is 2.85. The fourth-order valence-electron chi connectivity index (χ4n) is 2.05. The van der Waals surface area contributed by atoms with Crippen LogP contribution in [0.4, 0.5) is 0 Å². The number of benzene rings is 1. The van der Waals surface area contributed by atoms with E-state index in [1.165, 1.54) is 16.5 Å². The van der Waals surface area contributed by atoms with Crippen LogP contribution in [0.3, 0.4) is 0 Å². The zero-order valence-corrected chi connectivity index (χ0v) is 10.8. The van der Waals surface area contributed by atoms with Crippen molar-refractivity contribution in [3.05, 3.63) is 41.1 Å². The van der Waals surface area contributed by atoms with Gasteiger partial charge in [0.1, 0.15) is 0 Å². The second-order valence-electron chi connectivity index (χ2n) is 5.59. The maximum atomic E-state index is 4.68. The summed E-state index contributed by atoms with van der Waals surface area (Å²) in [6, 6.07) is 8.71. The molecule has 0 atom stereocenters. The summed E-state index contributed by atoms with van der Waals surface area (Å²) >= 11 is 0. The second kappa shape index (κ2) is 3.58. The van der Waals surface area contributed by atoms with Crippen molar-refractivity contribution < 1.29 is 0 Å². The minimum absolute atomic E-state index is 0.144. The molecule has 2 rings (SSSR count). The van der Waals surface area contributed by atoms with Crippen molar-refractivity contribution in [2.45, 2.75) is 40.0 Å². The quantitative estimate of drug-likeness (QED) is 0.640. The molecule has 2 aromatic rings. The van der Waals surface area contributed by atoms with Crippen LogP contribution in [0.1, 0.15) is 37.6 Å². The van der Waals surface area contributed by atoms with E-state index < -0.39 is 0 Å². The van der Waals surface area contributed by atoms with Gasteiger partial charge >= 0.3 is 0 Å². The van der Waals surface area contributed by atoms with Crippen LogP contribution in [0.5, 0.6) is 0 Å². The highest BCUT2D eigenvalue weighted by molar-refractivity contribution is 5.83. The van der Waals surface area contributed by atoms with Crippen molar-refractivity contribution in [3.63, 3.8) is 0 Å². The van der Waals surface area contributed by atoms with E-state index in [1.807, 2.05) is 6.92 Å². The third-order valence-corrected chi connectivity index (χ3v) is 2.88. The first-order chi connectivity index (χ1) is 7.38. The molecule has 0 saturated heterocycles. The number of fused-ring (bicyclic) bond motifs is 1. The van der Waals surface area contributed by atoms with E-state index >= 15 is 0 Å². The van der Waals surface area contributed by atoms with E-state index in [0.717, 1.165) is 11.2 Å². The van der Waals surface area contributed by atoms with Crippen LogP contribution in [0.2, 0.25) is 0 Å². The highest BCUT2D eigenvalue weighted by Gasteiger charge is 2.18. The molecule has 0 aliphatic carbocycles. The first kappa shape index (κ1) is 11.1. The van der Waals surface area contributed by atoms with Crippen molar-refractivity contribution >= 4 is 10.9 Å². The highest BCUT2D eigenvalue weighted by Crippen LogP contribution is 2.30. The molecule has 84 valence electrons. The molecule has 1 heteroatoms. The maximum Gasteiger partial charge on any atom is 0.0742 e. The number of hydrogen-bond donors (Lipinski definition) is 0. The molecule has 1 aromatic heterocycles. The largest absolute Gasteiger partial charge is 0.253 e. The van der Waals surface area contributed by atoms with E-state index in [2.05, 4.69) is 56.9 Å². The zero-order valence-electron chi connectivity index (χ0n) is 10.8. The van der Waals surface area contributed by atoms with Gasteiger partial charge < -0.3 is 0 Å². The molecule has 0 saturated carbocycles. The molecule has 16 heavy (non-hydrogen) atoms. The molecule has 1 aromatic carbocycles. The number of aryl methyl sites for hydroxylation is 2. The standard InChI is InChI=1S/C15H19N/c1-10-8-12-7-6-11(2)16-14(12)13(9-10)15(3,4)5/h6-9H,1-5H3. The lowest BCUT2D eigenvalue weighted by Crippen LogP contribution is -2.12. The van der Waals surface area contributed by atoms with Crippen molar-refractivity contribution in [2.75, 3.05) is 0 Å². The van der Waals surface area contributed by atoms with E-state index in [0.29, 0.717) is 0 Å². The van der Waals surface area contributed by atoms with E-state index in [4.69, 9.17) is 0 Å². The van der Waals surface area contributed by atoms with Crippen molar-refractivity contribution in [1.82, 2.24) is 4.98 Å². The minimum atomic E-state index is 0.144. The fraction of sp³-hybridized carbons (Fsp3) is 0.400. The number of aromatic nitrogens is 1. The normalized spacial score (nSPS) is 12.1. The van der Waals surface area contributed by atoms with Crippen molar-refractivity contribution in [2.24, 2.45) is 0 Å². The van der Waals surface area contributed by atoms with Crippen LogP contribution in [0.25, 0.3) is 10.9 Å². The first-order valence-corrected chi connectivity index (χ1v) is 5.76. The minimum Gasteiger partial charge on any atom is -0.253 e. The van der Waals surface area contributed by atoms with Gasteiger partial charge in [-0.05, 0) is 37.0 Å². The lowest BCUT2D eigenvalue weighted by Gasteiger charge is -2.21. The summed E-state index contributed by atoms with van der Waals surface area (Å²) in [7, 11) is 0. The molecular formula is C15H19N. The van der Waals surface area contributed by atoms with Gasteiger partial charge in [0.15, 0.2) is 0 Å². The highest BCUT2D eigenvalue weighted by atomic mass is 14.7. The Labute approximate surface area is 97.5 Å². The van der Waals surface area contributed by atoms with Gasteiger partial charge in [0.25, 0.3) is 0 Å². The summed E-state index contributed by atoms with van der Waals surface area (Å²) in [6.07, 6.45) is 0. The van der Waals surface area contributed by atoms with Gasteiger partial charge in [-0.15, -0.1) is 0 Å². The Morgan fingerprint density at radius 1 is 1.00 bits per heavy atom. The molecule has 0 bridgehead atoms. The number of hydrogen-bond acceptors (Lipinski definition) is 1. The monoisotopic (exact) mass is 213 g/mol. The Hall–Kier alpha value is -1.37. The Kier molecular flexibility index (Phi) is 2.49. The molecule has 0 aliphatic heterocycles. The predicted octanol–water partition coefficient (Wildman–Crippen LogP) is 4.15. The Morgan fingerprint density at radius 2 is 1.69 bits per heavy atom. The van der Waals surface area contributed by atoms with Crippen LogP contribution >= 0.6 is 0 Å². The Bertz CT molecular complexity index is 533. The van der Waals surface area contributed by atoms with E-state index in [1.54, 1.807) is 0 Å². The van der Waals surface area contributed by atoms with Crippen LogP contribution in [-0.2, 0) is 5.41 Å². The summed E-state index contributed by atoms with van der Waals surface area (Å²) in [4.78, 5) is 4.68. The van der Waals surface area contributed by atoms with Crippen molar-refractivity contribution in [1.29, 1.82) is 0 Å². The summed E-state index contributed by atoms with van der Waals surface area (Å²) in [5.74, 6) is 0. The summed E-state index contributed by atoms with van der Waals surface area (Å²) < 4.78 is 0. The molecule has 0 aliphatic rings. The first-order valence-electron chi connectivity index (χ1n) is 5.76. The average molecular weight is 213 g/mol. The van der Waals surface area contributed by atoms with Gasteiger partial charge in [-0.25, -0.2) is 0 Å². The average Bonchev–Trinajstić information content (AvgIpc) is 2.16. The third kappa shape index (κ3) is 1.95. The lowest BCUT2D eigenvalue weighted by atomic mass is 9.84. The van der Waals surface area contributed by atoms with E-state index in [9.17, 15) is 0 Å². The zero-order chi connectivity index (χ0) is 11.9. The fourth-order valence-corrected chi connectivity index (χ4v) is 2.05. The molecule has 0 radical (unpaired) electrons. The predicted molar refractivity (Wildman–Crippen MR) is 69.9 cm³/mol. The molecule has 1 nitrogen and oxygen atoms in total. The van der Waals surface area contributed by atoms with Gasteiger partial charge in [0.05, 0.1) is 5.52 Å². The molecule has 0 N–H and O–H groups in total. The molecule has 0 spiro atoms. The smallest absolute Gasteiger partial charge is 0.0742 e. The Morgan fingerprint density at radius 3 is 2.31 bits per heavy atom. The SMILES string of the molecule is Cc1cc(C(C)(C)C)c2nc(C)ccc2c1. The molecule has 0 fully saturated rings. The second-order valence-corrected chi connectivity index (χ2v) is 5.59. The van der Waals surface area contributed by atoms with Gasteiger partial charge in [-0.2, -0.15) is 0 Å². The summed E-state index contributed by atoms with van der Waals surface area (Å²) in [5, 5.41) is 1.25. The van der Waals surface area contributed by atoms with Crippen LogP contribution in [0, 0.1) is 13.8 Å². The number of nitrogens with zero attached hydrogens (tertiary/aromatic N) is 1. The number of rotatable bonds is 0. The summed E-state index contributed by atoms with van der Waals surface area (Å²) in [6.45, 7) is 10.9. The van der Waals surface area contributed by atoms with Gasteiger partial charge in [-0.1, -0.05) is 38.5 Å².